The van der Waals surface area contributed by atoms with Gasteiger partial charge in [0.05, 0.1) is 22.9 Å². The number of aromatic nitrogens is 4. The van der Waals surface area contributed by atoms with Crippen LogP contribution in [0.1, 0.15) is 25.5 Å². The van der Waals surface area contributed by atoms with Gasteiger partial charge >= 0.3 is 5.69 Å². The highest BCUT2D eigenvalue weighted by molar-refractivity contribution is 9.10. The monoisotopic (exact) mass is 349 g/mol. The van der Waals surface area contributed by atoms with E-state index in [-0.39, 0.29) is 5.69 Å². The molecule has 110 valence electrons. The fourth-order valence-corrected chi connectivity index (χ4v) is 2.62. The van der Waals surface area contributed by atoms with Gasteiger partial charge in [0.15, 0.2) is 0 Å². The largest absolute Gasteiger partial charge is 0.380 e. The van der Waals surface area contributed by atoms with Crippen LogP contribution in [0.3, 0.4) is 0 Å². The summed E-state index contributed by atoms with van der Waals surface area (Å²) < 4.78 is 2.83. The van der Waals surface area contributed by atoms with Gasteiger partial charge in [-0.1, -0.05) is 0 Å². The van der Waals surface area contributed by atoms with Crippen molar-refractivity contribution in [3.05, 3.63) is 45.0 Å². The Morgan fingerprint density at radius 2 is 2.05 bits per heavy atom. The molecular formula is C14H16BrN5O. The fraction of sp³-hybridized carbons (Fsp3) is 0.286. The molecule has 0 bridgehead atoms. The molecule has 0 atom stereocenters. The molecule has 0 spiro atoms. The molecule has 1 aromatic carbocycles. The maximum atomic E-state index is 11.3. The predicted molar refractivity (Wildman–Crippen MR) is 86.6 cm³/mol. The SMILES string of the molecule is CC(C)n1cc(CNc2cc3[nH]c(=O)[nH]c3cc2Br)cn1. The number of hydrogen-bond donors (Lipinski definition) is 3. The summed E-state index contributed by atoms with van der Waals surface area (Å²) in [4.78, 5) is 16.8. The highest BCUT2D eigenvalue weighted by Gasteiger charge is 2.06. The zero-order valence-electron chi connectivity index (χ0n) is 11.8. The minimum atomic E-state index is -0.202. The molecule has 0 amide bonds. The third-order valence-corrected chi connectivity index (χ3v) is 3.93. The van der Waals surface area contributed by atoms with Crippen molar-refractivity contribution in [1.29, 1.82) is 0 Å². The van der Waals surface area contributed by atoms with Crippen molar-refractivity contribution in [2.75, 3.05) is 5.32 Å². The van der Waals surface area contributed by atoms with Gasteiger partial charge in [-0.15, -0.1) is 0 Å². The van der Waals surface area contributed by atoms with E-state index in [0.717, 1.165) is 26.8 Å². The van der Waals surface area contributed by atoms with Crippen LogP contribution in [0.2, 0.25) is 0 Å². The van der Waals surface area contributed by atoms with Crippen LogP contribution in [0.5, 0.6) is 0 Å². The lowest BCUT2D eigenvalue weighted by atomic mass is 10.2. The average Bonchev–Trinajstić information content (AvgIpc) is 3.01. The van der Waals surface area contributed by atoms with Gasteiger partial charge in [-0.2, -0.15) is 5.10 Å². The van der Waals surface area contributed by atoms with Crippen LogP contribution in [0, 0.1) is 0 Å². The lowest BCUT2D eigenvalue weighted by molar-refractivity contribution is 0.532. The number of anilines is 1. The molecule has 21 heavy (non-hydrogen) atoms. The zero-order valence-corrected chi connectivity index (χ0v) is 13.4. The van der Waals surface area contributed by atoms with Crippen molar-refractivity contribution in [3.63, 3.8) is 0 Å². The maximum absolute atomic E-state index is 11.3. The Bertz CT molecular complexity index is 829. The molecule has 0 fully saturated rings. The van der Waals surface area contributed by atoms with Gasteiger partial charge in [0.2, 0.25) is 0 Å². The summed E-state index contributed by atoms with van der Waals surface area (Å²) in [5, 5.41) is 7.66. The Kier molecular flexibility index (Phi) is 3.59. The van der Waals surface area contributed by atoms with E-state index in [1.807, 2.05) is 29.2 Å². The number of H-pyrrole nitrogens is 2. The standard InChI is InChI=1S/C14H16BrN5O/c1-8(2)20-7-9(6-17-20)5-16-11-4-13-12(3-10(11)15)18-14(21)19-13/h3-4,6-8,16H,5H2,1-2H3,(H2,18,19,21). The zero-order chi connectivity index (χ0) is 15.0. The molecule has 0 saturated carbocycles. The summed E-state index contributed by atoms with van der Waals surface area (Å²) in [5.41, 5.74) is 3.40. The van der Waals surface area contributed by atoms with E-state index >= 15 is 0 Å². The normalized spacial score (nSPS) is 11.4. The second kappa shape index (κ2) is 5.40. The molecule has 2 aromatic heterocycles. The number of rotatable bonds is 4. The van der Waals surface area contributed by atoms with Gasteiger partial charge in [0, 0.05) is 28.8 Å². The van der Waals surface area contributed by atoms with E-state index in [9.17, 15) is 4.79 Å². The van der Waals surface area contributed by atoms with Crippen LogP contribution in [0.15, 0.2) is 33.8 Å². The molecule has 0 radical (unpaired) electrons. The van der Waals surface area contributed by atoms with Crippen molar-refractivity contribution in [2.24, 2.45) is 0 Å². The first-order valence-corrected chi connectivity index (χ1v) is 7.50. The first-order chi connectivity index (χ1) is 10.0. The van der Waals surface area contributed by atoms with Crippen LogP contribution in [0.4, 0.5) is 5.69 Å². The summed E-state index contributed by atoms with van der Waals surface area (Å²) in [6.07, 6.45) is 3.89. The van der Waals surface area contributed by atoms with Crippen LogP contribution in [-0.4, -0.2) is 19.7 Å². The number of benzene rings is 1. The Hall–Kier alpha value is -2.02. The van der Waals surface area contributed by atoms with E-state index in [1.54, 1.807) is 0 Å². The number of hydrogen-bond acceptors (Lipinski definition) is 3. The van der Waals surface area contributed by atoms with Crippen LogP contribution in [0.25, 0.3) is 11.0 Å². The minimum absolute atomic E-state index is 0.202. The number of fused-ring (bicyclic) bond motifs is 1. The van der Waals surface area contributed by atoms with Crippen LogP contribution >= 0.6 is 15.9 Å². The Morgan fingerprint density at radius 3 is 2.71 bits per heavy atom. The topological polar surface area (TPSA) is 78.5 Å². The highest BCUT2D eigenvalue weighted by Crippen LogP contribution is 2.26. The molecule has 0 aliphatic carbocycles. The molecule has 0 aliphatic rings. The van der Waals surface area contributed by atoms with Crippen molar-refractivity contribution in [2.45, 2.75) is 26.4 Å². The first kappa shape index (κ1) is 13.9. The van der Waals surface area contributed by atoms with Crippen molar-refractivity contribution in [1.82, 2.24) is 19.7 Å². The van der Waals surface area contributed by atoms with E-state index in [1.165, 1.54) is 0 Å². The second-order valence-electron chi connectivity index (χ2n) is 5.23. The number of imidazole rings is 1. The van der Waals surface area contributed by atoms with Crippen LogP contribution < -0.4 is 11.0 Å². The number of aromatic amines is 2. The molecule has 3 rings (SSSR count). The van der Waals surface area contributed by atoms with E-state index < -0.39 is 0 Å². The second-order valence-corrected chi connectivity index (χ2v) is 6.09. The molecule has 2 heterocycles. The number of nitrogens with zero attached hydrogens (tertiary/aromatic N) is 2. The molecule has 3 aromatic rings. The lowest BCUT2D eigenvalue weighted by Crippen LogP contribution is -2.01. The molecule has 6 nitrogen and oxygen atoms in total. The molecule has 0 aliphatic heterocycles. The quantitative estimate of drug-likeness (QED) is 0.677. The van der Waals surface area contributed by atoms with Gasteiger partial charge < -0.3 is 15.3 Å². The predicted octanol–water partition coefficient (Wildman–Crippen LogP) is 3.01. The van der Waals surface area contributed by atoms with Gasteiger partial charge in [-0.3, -0.25) is 4.68 Å². The first-order valence-electron chi connectivity index (χ1n) is 6.71. The fourth-order valence-electron chi connectivity index (χ4n) is 2.14. The maximum Gasteiger partial charge on any atom is 0.323 e. The average molecular weight is 350 g/mol. The van der Waals surface area contributed by atoms with Gasteiger partial charge in [-0.25, -0.2) is 4.79 Å². The van der Waals surface area contributed by atoms with E-state index in [0.29, 0.717) is 12.6 Å². The Balaban J connectivity index is 1.80. The third-order valence-electron chi connectivity index (χ3n) is 3.27. The summed E-state index contributed by atoms with van der Waals surface area (Å²) in [6, 6.07) is 4.14. The molecule has 0 unspecified atom stereocenters. The lowest BCUT2D eigenvalue weighted by Gasteiger charge is -2.08. The molecule has 0 saturated heterocycles. The van der Waals surface area contributed by atoms with Crippen molar-refractivity contribution >= 4 is 32.7 Å². The summed E-state index contributed by atoms with van der Waals surface area (Å²) in [7, 11) is 0. The Morgan fingerprint density at radius 1 is 1.33 bits per heavy atom. The van der Waals surface area contributed by atoms with Gasteiger partial charge in [-0.05, 0) is 41.9 Å². The summed E-state index contributed by atoms with van der Waals surface area (Å²) in [5.74, 6) is 0. The molecular weight excluding hydrogens is 334 g/mol. The number of nitrogens with one attached hydrogen (secondary N) is 3. The Labute approximate surface area is 129 Å². The van der Waals surface area contributed by atoms with Gasteiger partial charge in [0.25, 0.3) is 0 Å². The van der Waals surface area contributed by atoms with Gasteiger partial charge in [0.1, 0.15) is 0 Å². The van der Waals surface area contributed by atoms with E-state index in [4.69, 9.17) is 0 Å². The summed E-state index contributed by atoms with van der Waals surface area (Å²) >= 11 is 3.51. The molecule has 7 heteroatoms. The smallest absolute Gasteiger partial charge is 0.323 e. The summed E-state index contributed by atoms with van der Waals surface area (Å²) in [6.45, 7) is 4.86. The highest BCUT2D eigenvalue weighted by atomic mass is 79.9. The van der Waals surface area contributed by atoms with E-state index in [2.05, 4.69) is 50.2 Å². The minimum Gasteiger partial charge on any atom is -0.380 e. The van der Waals surface area contributed by atoms with Crippen molar-refractivity contribution < 1.29 is 0 Å². The van der Waals surface area contributed by atoms with Crippen molar-refractivity contribution in [3.8, 4) is 0 Å². The van der Waals surface area contributed by atoms with Crippen LogP contribution in [-0.2, 0) is 6.54 Å². The molecule has 3 N–H and O–H groups in total. The third kappa shape index (κ3) is 2.87. The number of halogens is 1.